The third kappa shape index (κ3) is 3.18. The maximum Gasteiger partial charge on any atom is 0.135 e. The quantitative estimate of drug-likeness (QED) is 0.260. The van der Waals surface area contributed by atoms with Gasteiger partial charge in [-0.25, -0.2) is 0 Å². The molecular formula is C28H18BrNO. The molecule has 1 aromatic heterocycles. The molecule has 0 spiro atoms. The van der Waals surface area contributed by atoms with Crippen LogP contribution in [0, 0.1) is 0 Å². The number of furan rings is 1. The minimum Gasteiger partial charge on any atom is -0.456 e. The molecule has 5 aromatic carbocycles. The Morgan fingerprint density at radius 2 is 1.16 bits per heavy atom. The molecule has 0 bridgehead atoms. The maximum atomic E-state index is 6.05. The van der Waals surface area contributed by atoms with E-state index in [0.29, 0.717) is 0 Å². The molecule has 0 aliphatic rings. The first-order chi connectivity index (χ1) is 15.3. The molecule has 0 aliphatic carbocycles. The van der Waals surface area contributed by atoms with E-state index in [1.807, 2.05) is 12.1 Å². The van der Waals surface area contributed by atoms with Crippen LogP contribution in [0.25, 0.3) is 32.7 Å². The Hall–Kier alpha value is -3.56. The Labute approximate surface area is 188 Å². The Morgan fingerprint density at radius 1 is 0.516 bits per heavy atom. The van der Waals surface area contributed by atoms with Gasteiger partial charge in [0.1, 0.15) is 11.2 Å². The summed E-state index contributed by atoms with van der Waals surface area (Å²) >= 11 is 3.56. The van der Waals surface area contributed by atoms with Crippen molar-refractivity contribution >= 4 is 65.7 Å². The molecule has 0 saturated heterocycles. The van der Waals surface area contributed by atoms with Gasteiger partial charge in [0.15, 0.2) is 0 Å². The van der Waals surface area contributed by atoms with E-state index in [0.717, 1.165) is 43.5 Å². The van der Waals surface area contributed by atoms with Crippen molar-refractivity contribution in [3.05, 3.63) is 114 Å². The summed E-state index contributed by atoms with van der Waals surface area (Å²) in [6, 6.07) is 38.1. The van der Waals surface area contributed by atoms with Crippen LogP contribution >= 0.6 is 15.9 Å². The zero-order valence-electron chi connectivity index (χ0n) is 16.6. The largest absolute Gasteiger partial charge is 0.456 e. The highest BCUT2D eigenvalue weighted by molar-refractivity contribution is 9.10. The minimum atomic E-state index is 0.902. The Kier molecular flexibility index (Phi) is 4.29. The minimum absolute atomic E-state index is 0.902. The lowest BCUT2D eigenvalue weighted by atomic mass is 10.1. The van der Waals surface area contributed by atoms with Crippen LogP contribution in [-0.4, -0.2) is 0 Å². The van der Waals surface area contributed by atoms with Gasteiger partial charge in [0.2, 0.25) is 0 Å². The highest BCUT2D eigenvalue weighted by atomic mass is 79.9. The average molecular weight is 464 g/mol. The fraction of sp³-hybridized carbons (Fsp3) is 0. The van der Waals surface area contributed by atoms with Crippen molar-refractivity contribution in [3.8, 4) is 0 Å². The normalized spacial score (nSPS) is 11.4. The van der Waals surface area contributed by atoms with Crippen molar-refractivity contribution in [2.75, 3.05) is 4.90 Å². The van der Waals surface area contributed by atoms with Crippen molar-refractivity contribution in [3.63, 3.8) is 0 Å². The molecule has 6 aromatic rings. The van der Waals surface area contributed by atoms with E-state index in [1.54, 1.807) is 0 Å². The lowest BCUT2D eigenvalue weighted by molar-refractivity contribution is 0.669. The van der Waals surface area contributed by atoms with Crippen molar-refractivity contribution in [2.45, 2.75) is 0 Å². The zero-order chi connectivity index (χ0) is 20.8. The molecule has 2 nitrogen and oxygen atoms in total. The van der Waals surface area contributed by atoms with Gasteiger partial charge in [0, 0.05) is 32.3 Å². The van der Waals surface area contributed by atoms with Gasteiger partial charge in [-0.05, 0) is 71.4 Å². The number of para-hydroxylation sites is 1. The number of halogens is 1. The smallest absolute Gasteiger partial charge is 0.135 e. The summed E-state index contributed by atoms with van der Waals surface area (Å²) in [6.07, 6.45) is 0. The second-order valence-corrected chi connectivity index (χ2v) is 8.54. The van der Waals surface area contributed by atoms with Crippen LogP contribution in [-0.2, 0) is 0 Å². The van der Waals surface area contributed by atoms with Crippen LogP contribution in [0.2, 0.25) is 0 Å². The molecule has 6 rings (SSSR count). The van der Waals surface area contributed by atoms with Gasteiger partial charge in [0.05, 0.1) is 0 Å². The molecule has 0 fully saturated rings. The summed E-state index contributed by atoms with van der Waals surface area (Å²) in [5.74, 6) is 0. The van der Waals surface area contributed by atoms with Crippen molar-refractivity contribution in [1.29, 1.82) is 0 Å². The lowest BCUT2D eigenvalue weighted by Gasteiger charge is -2.26. The zero-order valence-corrected chi connectivity index (χ0v) is 18.2. The average Bonchev–Trinajstić information content (AvgIpc) is 3.19. The highest BCUT2D eigenvalue weighted by Gasteiger charge is 2.15. The summed E-state index contributed by atoms with van der Waals surface area (Å²) in [4.78, 5) is 2.29. The predicted octanol–water partition coefficient (Wildman–Crippen LogP) is 8.97. The molecule has 0 saturated carbocycles. The van der Waals surface area contributed by atoms with Gasteiger partial charge in [-0.15, -0.1) is 0 Å². The molecule has 3 heteroatoms. The summed E-state index contributed by atoms with van der Waals surface area (Å²) in [5.41, 5.74) is 5.13. The van der Waals surface area contributed by atoms with Crippen molar-refractivity contribution < 1.29 is 4.42 Å². The number of fused-ring (bicyclic) bond motifs is 4. The molecule has 1 heterocycles. The first kappa shape index (κ1) is 18.2. The van der Waals surface area contributed by atoms with Gasteiger partial charge in [-0.1, -0.05) is 64.5 Å². The van der Waals surface area contributed by atoms with E-state index >= 15 is 0 Å². The molecule has 0 unspecified atom stereocenters. The second kappa shape index (κ2) is 7.29. The summed E-state index contributed by atoms with van der Waals surface area (Å²) < 4.78 is 7.11. The third-order valence-corrected chi connectivity index (χ3v) is 6.22. The number of nitrogens with zero attached hydrogens (tertiary/aromatic N) is 1. The van der Waals surface area contributed by atoms with E-state index < -0.39 is 0 Å². The monoisotopic (exact) mass is 463 g/mol. The summed E-state index contributed by atoms with van der Waals surface area (Å²) in [6.45, 7) is 0. The summed E-state index contributed by atoms with van der Waals surface area (Å²) in [7, 11) is 0. The molecule has 0 aliphatic heterocycles. The first-order valence-corrected chi connectivity index (χ1v) is 11.0. The Morgan fingerprint density at radius 3 is 2.03 bits per heavy atom. The number of benzene rings is 5. The highest BCUT2D eigenvalue weighted by Crippen LogP contribution is 2.39. The second-order valence-electron chi connectivity index (χ2n) is 7.62. The Balaban J connectivity index is 1.59. The molecule has 0 N–H and O–H groups in total. The van der Waals surface area contributed by atoms with Crippen LogP contribution in [0.3, 0.4) is 0 Å². The third-order valence-electron chi connectivity index (χ3n) is 5.69. The van der Waals surface area contributed by atoms with Gasteiger partial charge >= 0.3 is 0 Å². The molecule has 0 radical (unpaired) electrons. The standard InChI is InChI=1S/C28H18BrNO/c29-21-10-13-22(14-11-21)30(23-12-9-19-5-1-2-6-20(19)17-23)24-15-16-28-26(18-24)25-7-3-4-8-27(25)31-28/h1-18H. The van der Waals surface area contributed by atoms with Crippen LogP contribution in [0.4, 0.5) is 17.1 Å². The van der Waals surface area contributed by atoms with Crippen LogP contribution < -0.4 is 4.90 Å². The fourth-order valence-electron chi connectivity index (χ4n) is 4.21. The molecule has 0 atom stereocenters. The lowest BCUT2D eigenvalue weighted by Crippen LogP contribution is -2.09. The maximum absolute atomic E-state index is 6.05. The van der Waals surface area contributed by atoms with E-state index in [4.69, 9.17) is 4.42 Å². The molecule has 31 heavy (non-hydrogen) atoms. The van der Waals surface area contributed by atoms with E-state index in [9.17, 15) is 0 Å². The molecular weight excluding hydrogens is 446 g/mol. The number of rotatable bonds is 3. The first-order valence-electron chi connectivity index (χ1n) is 10.2. The number of hydrogen-bond donors (Lipinski definition) is 0. The van der Waals surface area contributed by atoms with Crippen molar-refractivity contribution in [2.24, 2.45) is 0 Å². The topological polar surface area (TPSA) is 16.4 Å². The van der Waals surface area contributed by atoms with Crippen LogP contribution in [0.15, 0.2) is 118 Å². The van der Waals surface area contributed by atoms with Gasteiger partial charge < -0.3 is 9.32 Å². The number of anilines is 3. The fourth-order valence-corrected chi connectivity index (χ4v) is 4.47. The van der Waals surface area contributed by atoms with E-state index in [2.05, 4.69) is 118 Å². The van der Waals surface area contributed by atoms with Gasteiger partial charge in [0.25, 0.3) is 0 Å². The molecule has 0 amide bonds. The van der Waals surface area contributed by atoms with E-state index in [-0.39, 0.29) is 0 Å². The van der Waals surface area contributed by atoms with Gasteiger partial charge in [-0.2, -0.15) is 0 Å². The van der Waals surface area contributed by atoms with Crippen LogP contribution in [0.1, 0.15) is 0 Å². The van der Waals surface area contributed by atoms with Crippen molar-refractivity contribution in [1.82, 2.24) is 0 Å². The predicted molar refractivity (Wildman–Crippen MR) is 134 cm³/mol. The Bertz CT molecular complexity index is 1550. The van der Waals surface area contributed by atoms with Gasteiger partial charge in [-0.3, -0.25) is 0 Å². The SMILES string of the molecule is Brc1ccc(N(c2ccc3ccccc3c2)c2ccc3oc4ccccc4c3c2)cc1. The number of hydrogen-bond acceptors (Lipinski definition) is 2. The van der Waals surface area contributed by atoms with E-state index in [1.165, 1.54) is 10.8 Å². The summed E-state index contributed by atoms with van der Waals surface area (Å²) in [5, 5.41) is 4.71. The van der Waals surface area contributed by atoms with Crippen LogP contribution in [0.5, 0.6) is 0 Å². The molecule has 148 valence electrons.